The van der Waals surface area contributed by atoms with Crippen LogP contribution in [0.5, 0.6) is 0 Å². The first-order valence-electron chi connectivity index (χ1n) is 8.70. The van der Waals surface area contributed by atoms with Crippen LogP contribution in [-0.4, -0.2) is 34.7 Å². The lowest BCUT2D eigenvalue weighted by Gasteiger charge is -2.22. The summed E-state index contributed by atoms with van der Waals surface area (Å²) in [5.41, 5.74) is 5.75. The number of rotatable bonds is 4. The maximum atomic E-state index is 11.9. The minimum absolute atomic E-state index is 0.246. The summed E-state index contributed by atoms with van der Waals surface area (Å²) < 4.78 is 0. The van der Waals surface area contributed by atoms with E-state index < -0.39 is 0 Å². The van der Waals surface area contributed by atoms with Crippen LogP contribution in [-0.2, 0) is 0 Å². The molecule has 1 aromatic carbocycles. The van der Waals surface area contributed by atoms with Gasteiger partial charge in [-0.15, -0.1) is 0 Å². The summed E-state index contributed by atoms with van der Waals surface area (Å²) in [5.74, 6) is -0.367. The second-order valence-corrected chi connectivity index (χ2v) is 6.18. The zero-order valence-corrected chi connectivity index (χ0v) is 14.5. The molecule has 0 radical (unpaired) electrons. The summed E-state index contributed by atoms with van der Waals surface area (Å²) in [6.45, 7) is 4.12. The highest BCUT2D eigenvalue weighted by atomic mass is 16.2. The Morgan fingerprint density at radius 2 is 1.80 bits per heavy atom. The third-order valence-electron chi connectivity index (χ3n) is 4.38. The van der Waals surface area contributed by atoms with Gasteiger partial charge in [0, 0.05) is 31.2 Å². The number of hydrogen-bond acceptors (Lipinski definition) is 5. The molecule has 0 atom stereocenters. The van der Waals surface area contributed by atoms with Gasteiger partial charge in [0.2, 0.25) is 0 Å². The number of nitrogens with one attached hydrogen (secondary N) is 1. The Labute approximate surface area is 148 Å². The fourth-order valence-electron chi connectivity index (χ4n) is 2.92. The molecule has 0 bridgehead atoms. The molecule has 6 nitrogen and oxygen atoms in total. The van der Waals surface area contributed by atoms with E-state index in [9.17, 15) is 4.79 Å². The van der Waals surface area contributed by atoms with Crippen molar-refractivity contribution < 1.29 is 4.79 Å². The molecule has 1 saturated heterocycles. The minimum Gasteiger partial charge on any atom is -0.372 e. The van der Waals surface area contributed by atoms with Crippen LogP contribution in [0.1, 0.15) is 48.7 Å². The van der Waals surface area contributed by atoms with E-state index in [1.165, 1.54) is 50.0 Å². The van der Waals surface area contributed by atoms with Crippen LogP contribution in [0.2, 0.25) is 0 Å². The predicted molar refractivity (Wildman–Crippen MR) is 98.8 cm³/mol. The average molecular weight is 337 g/mol. The van der Waals surface area contributed by atoms with E-state index in [2.05, 4.69) is 37.5 Å². The Bertz CT molecular complexity index is 719. The molecule has 1 aliphatic rings. The summed E-state index contributed by atoms with van der Waals surface area (Å²) in [6.07, 6.45) is 9.59. The van der Waals surface area contributed by atoms with E-state index in [4.69, 9.17) is 0 Å². The number of anilines is 1. The molecule has 0 saturated carbocycles. The van der Waals surface area contributed by atoms with Crippen molar-refractivity contribution in [3.8, 4) is 0 Å². The second-order valence-electron chi connectivity index (χ2n) is 6.18. The third-order valence-corrected chi connectivity index (χ3v) is 4.38. The van der Waals surface area contributed by atoms with Crippen molar-refractivity contribution in [3.63, 3.8) is 0 Å². The molecular weight excluding hydrogens is 314 g/mol. The fourth-order valence-corrected chi connectivity index (χ4v) is 2.92. The van der Waals surface area contributed by atoms with Crippen molar-refractivity contribution >= 4 is 17.3 Å². The number of carbonyl (C=O) groups is 1. The average Bonchev–Trinajstić information content (AvgIpc) is 2.96. The number of hydrogen-bond donors (Lipinski definition) is 1. The lowest BCUT2D eigenvalue weighted by Crippen LogP contribution is -2.23. The molecule has 0 unspecified atom stereocenters. The van der Waals surface area contributed by atoms with Crippen LogP contribution in [0, 0.1) is 0 Å². The van der Waals surface area contributed by atoms with Crippen LogP contribution < -0.4 is 10.3 Å². The van der Waals surface area contributed by atoms with E-state index in [-0.39, 0.29) is 11.6 Å². The molecule has 1 aromatic heterocycles. The van der Waals surface area contributed by atoms with Crippen molar-refractivity contribution in [2.45, 2.75) is 32.6 Å². The number of nitrogens with zero attached hydrogens (tertiary/aromatic N) is 4. The summed E-state index contributed by atoms with van der Waals surface area (Å²) in [6, 6.07) is 8.36. The topological polar surface area (TPSA) is 70.5 Å². The van der Waals surface area contributed by atoms with Crippen molar-refractivity contribution in [1.82, 2.24) is 15.4 Å². The Morgan fingerprint density at radius 3 is 2.44 bits per heavy atom. The monoisotopic (exact) mass is 337 g/mol. The molecule has 1 aliphatic heterocycles. The van der Waals surface area contributed by atoms with Gasteiger partial charge >= 0.3 is 0 Å². The fraction of sp³-hybridized carbons (Fsp3) is 0.368. The number of aromatic nitrogens is 2. The third kappa shape index (κ3) is 4.62. The molecular formula is C19H23N5O. The molecule has 1 fully saturated rings. The molecule has 3 rings (SSSR count). The van der Waals surface area contributed by atoms with Gasteiger partial charge in [0.25, 0.3) is 5.91 Å². The van der Waals surface area contributed by atoms with Crippen LogP contribution >= 0.6 is 0 Å². The molecule has 25 heavy (non-hydrogen) atoms. The normalized spacial score (nSPS) is 15.6. The maximum Gasteiger partial charge on any atom is 0.291 e. The highest BCUT2D eigenvalue weighted by Gasteiger charge is 2.10. The number of benzene rings is 1. The quantitative estimate of drug-likeness (QED) is 0.688. The first-order valence-corrected chi connectivity index (χ1v) is 8.70. The van der Waals surface area contributed by atoms with Gasteiger partial charge in [-0.1, -0.05) is 25.0 Å². The Morgan fingerprint density at radius 1 is 1.08 bits per heavy atom. The van der Waals surface area contributed by atoms with Crippen LogP contribution in [0.4, 0.5) is 5.69 Å². The van der Waals surface area contributed by atoms with E-state index in [1.807, 2.05) is 19.1 Å². The maximum absolute atomic E-state index is 11.9. The van der Waals surface area contributed by atoms with Crippen LogP contribution in [0.15, 0.2) is 48.0 Å². The van der Waals surface area contributed by atoms with Crippen molar-refractivity contribution in [2.75, 3.05) is 18.0 Å². The highest BCUT2D eigenvalue weighted by Crippen LogP contribution is 2.20. The van der Waals surface area contributed by atoms with E-state index in [0.717, 1.165) is 24.4 Å². The van der Waals surface area contributed by atoms with Gasteiger partial charge < -0.3 is 4.90 Å². The molecule has 1 N–H and O–H groups in total. The highest BCUT2D eigenvalue weighted by molar-refractivity contribution is 6.00. The zero-order chi connectivity index (χ0) is 17.5. The standard InChI is InChI=1S/C19H23N5O/c1-15(22-23-19(25)18-14-20-10-11-21-18)16-6-8-17(9-7-16)24-12-4-2-3-5-13-24/h6-11,14H,2-5,12-13H2,1H3,(H,23,25). The van der Waals surface area contributed by atoms with Gasteiger partial charge in [0.1, 0.15) is 5.69 Å². The van der Waals surface area contributed by atoms with Gasteiger partial charge in [-0.05, 0) is 37.5 Å². The Kier molecular flexibility index (Phi) is 5.72. The molecule has 0 aliphatic carbocycles. The molecule has 2 heterocycles. The van der Waals surface area contributed by atoms with Crippen molar-refractivity contribution in [2.24, 2.45) is 5.10 Å². The van der Waals surface area contributed by atoms with Crippen molar-refractivity contribution in [3.05, 3.63) is 54.1 Å². The van der Waals surface area contributed by atoms with E-state index >= 15 is 0 Å². The first kappa shape index (κ1) is 17.1. The molecule has 0 spiro atoms. The second kappa shape index (κ2) is 8.37. The Hall–Kier alpha value is -2.76. The summed E-state index contributed by atoms with van der Waals surface area (Å²) in [7, 11) is 0. The zero-order valence-electron chi connectivity index (χ0n) is 14.5. The van der Waals surface area contributed by atoms with Gasteiger partial charge in [-0.2, -0.15) is 5.10 Å². The molecule has 6 heteroatoms. The van der Waals surface area contributed by atoms with Crippen LogP contribution in [0.25, 0.3) is 0 Å². The van der Waals surface area contributed by atoms with Gasteiger partial charge in [0.05, 0.1) is 11.9 Å². The smallest absolute Gasteiger partial charge is 0.291 e. The summed E-state index contributed by atoms with van der Waals surface area (Å²) in [5, 5.41) is 4.16. The van der Waals surface area contributed by atoms with Crippen LogP contribution in [0.3, 0.4) is 0 Å². The first-order chi connectivity index (χ1) is 12.2. The van der Waals surface area contributed by atoms with Crippen molar-refractivity contribution in [1.29, 1.82) is 0 Å². The largest absolute Gasteiger partial charge is 0.372 e. The SMILES string of the molecule is CC(=NNC(=O)c1cnccn1)c1ccc(N2CCCCCC2)cc1. The molecule has 1 amide bonds. The lowest BCUT2D eigenvalue weighted by molar-refractivity contribution is 0.0949. The molecule has 2 aromatic rings. The number of carbonyl (C=O) groups excluding carboxylic acids is 1. The Balaban J connectivity index is 1.63. The van der Waals surface area contributed by atoms with Gasteiger partial charge in [-0.25, -0.2) is 10.4 Å². The lowest BCUT2D eigenvalue weighted by atomic mass is 10.1. The number of amides is 1. The number of hydrazone groups is 1. The predicted octanol–water partition coefficient (Wildman–Crippen LogP) is 3.01. The summed E-state index contributed by atoms with van der Waals surface area (Å²) >= 11 is 0. The minimum atomic E-state index is -0.367. The van der Waals surface area contributed by atoms with Gasteiger partial charge in [-0.3, -0.25) is 9.78 Å². The van der Waals surface area contributed by atoms with Gasteiger partial charge in [0.15, 0.2) is 0 Å². The van der Waals surface area contributed by atoms with E-state index in [1.54, 1.807) is 0 Å². The summed E-state index contributed by atoms with van der Waals surface area (Å²) in [4.78, 5) is 22.2. The van der Waals surface area contributed by atoms with E-state index in [0.29, 0.717) is 0 Å². The molecule has 130 valence electrons.